The first-order valence-electron chi connectivity index (χ1n) is 7.48. The van der Waals surface area contributed by atoms with E-state index in [9.17, 15) is 4.79 Å². The van der Waals surface area contributed by atoms with Crippen LogP contribution < -0.4 is 10.1 Å². The van der Waals surface area contributed by atoms with Crippen molar-refractivity contribution in [3.63, 3.8) is 0 Å². The molecule has 0 saturated carbocycles. The summed E-state index contributed by atoms with van der Waals surface area (Å²) in [6.45, 7) is 4.04. The maximum absolute atomic E-state index is 11.8. The molecule has 0 fully saturated rings. The third-order valence-electron chi connectivity index (χ3n) is 3.37. The van der Waals surface area contributed by atoms with E-state index in [1.165, 1.54) is 29.6 Å². The molecular weight excluding hydrogens is 356 g/mol. The van der Waals surface area contributed by atoms with Crippen LogP contribution in [0.15, 0.2) is 48.3 Å². The van der Waals surface area contributed by atoms with Crippen LogP contribution in [0.4, 0.5) is 0 Å². The predicted octanol–water partition coefficient (Wildman–Crippen LogP) is 3.16. The number of nitrogens with one attached hydrogen (secondary N) is 1. The van der Waals surface area contributed by atoms with Crippen LogP contribution in [-0.2, 0) is 4.79 Å². The maximum atomic E-state index is 11.8. The van der Waals surface area contributed by atoms with Crippen molar-refractivity contribution in [1.82, 2.24) is 19.7 Å². The first-order valence-corrected chi connectivity index (χ1v) is 9.24. The smallest absolute Gasteiger partial charge is 0.230 e. The molecule has 25 heavy (non-hydrogen) atoms. The lowest BCUT2D eigenvalue weighted by Crippen LogP contribution is -2.24. The van der Waals surface area contributed by atoms with Crippen LogP contribution in [-0.4, -0.2) is 39.7 Å². The topological polar surface area (TPSA) is 77.0 Å². The molecule has 1 aromatic carbocycles. The molecule has 128 valence electrons. The number of ether oxygens (including phenoxy) is 1. The summed E-state index contributed by atoms with van der Waals surface area (Å²) in [5, 5.41) is 3.51. The standard InChI is InChI=1S/C17H16N4O2S2/c1-3-8-18-13(22)9-24-17-16-15(19-10-20-17)14(21-25-16)11-4-6-12(23-2)7-5-11/h3-7,10H,1,8-9H2,2H3,(H,18,22). The molecule has 0 aliphatic heterocycles. The van der Waals surface area contributed by atoms with Gasteiger partial charge in [-0.15, -0.1) is 6.58 Å². The Morgan fingerprint density at radius 2 is 2.16 bits per heavy atom. The van der Waals surface area contributed by atoms with E-state index in [1.807, 2.05) is 24.3 Å². The van der Waals surface area contributed by atoms with Crippen molar-refractivity contribution in [2.45, 2.75) is 5.03 Å². The van der Waals surface area contributed by atoms with Crippen LogP contribution in [0.25, 0.3) is 21.5 Å². The number of hydrogen-bond donors (Lipinski definition) is 1. The van der Waals surface area contributed by atoms with Crippen LogP contribution >= 0.6 is 23.3 Å². The second-order valence-corrected chi connectivity index (χ2v) is 6.74. The first-order chi connectivity index (χ1) is 12.2. The van der Waals surface area contributed by atoms with Crippen LogP contribution in [0.2, 0.25) is 0 Å². The molecule has 0 radical (unpaired) electrons. The summed E-state index contributed by atoms with van der Waals surface area (Å²) in [4.78, 5) is 20.4. The Kier molecular flexibility index (Phi) is 5.62. The minimum absolute atomic E-state index is 0.0587. The SMILES string of the molecule is C=CCNC(=O)CSc1ncnc2c(-c3ccc(OC)cc3)nsc12. The largest absolute Gasteiger partial charge is 0.497 e. The van der Waals surface area contributed by atoms with Gasteiger partial charge in [0.1, 0.15) is 33.0 Å². The second-order valence-electron chi connectivity index (χ2n) is 5.00. The van der Waals surface area contributed by atoms with E-state index in [2.05, 4.69) is 26.2 Å². The Hall–Kier alpha value is -2.45. The van der Waals surface area contributed by atoms with Gasteiger partial charge in [0.25, 0.3) is 0 Å². The fourth-order valence-corrected chi connectivity index (χ4v) is 3.90. The number of nitrogens with zero attached hydrogens (tertiary/aromatic N) is 3. The Labute approximate surface area is 153 Å². The molecule has 6 nitrogen and oxygen atoms in total. The molecule has 0 atom stereocenters. The van der Waals surface area contributed by atoms with Gasteiger partial charge in [0.2, 0.25) is 5.91 Å². The Bertz CT molecular complexity index is 893. The average molecular weight is 372 g/mol. The van der Waals surface area contributed by atoms with E-state index in [1.54, 1.807) is 13.2 Å². The highest BCUT2D eigenvalue weighted by molar-refractivity contribution is 8.00. The molecular formula is C17H16N4O2S2. The second kappa shape index (κ2) is 8.09. The van der Waals surface area contributed by atoms with Gasteiger partial charge in [-0.2, -0.15) is 4.37 Å². The van der Waals surface area contributed by atoms with E-state index in [4.69, 9.17) is 4.74 Å². The van der Waals surface area contributed by atoms with E-state index in [0.717, 1.165) is 32.2 Å². The summed E-state index contributed by atoms with van der Waals surface area (Å²) in [5.74, 6) is 1.02. The van der Waals surface area contributed by atoms with Crippen molar-refractivity contribution in [1.29, 1.82) is 0 Å². The summed E-state index contributed by atoms with van der Waals surface area (Å²) >= 11 is 2.72. The minimum atomic E-state index is -0.0587. The highest BCUT2D eigenvalue weighted by atomic mass is 32.2. The molecule has 0 unspecified atom stereocenters. The number of fused-ring (bicyclic) bond motifs is 1. The number of rotatable bonds is 7. The average Bonchev–Trinajstić information content (AvgIpc) is 3.09. The summed E-state index contributed by atoms with van der Waals surface area (Å²) < 4.78 is 10.6. The quantitative estimate of drug-likeness (QED) is 0.390. The summed E-state index contributed by atoms with van der Waals surface area (Å²) in [6.07, 6.45) is 3.16. The third-order valence-corrected chi connectivity index (χ3v) is 5.33. The van der Waals surface area contributed by atoms with Gasteiger partial charge in [-0.05, 0) is 35.8 Å². The highest BCUT2D eigenvalue weighted by Crippen LogP contribution is 2.34. The lowest BCUT2D eigenvalue weighted by atomic mass is 10.1. The third kappa shape index (κ3) is 3.97. The van der Waals surface area contributed by atoms with E-state index in [-0.39, 0.29) is 11.7 Å². The molecule has 3 rings (SSSR count). The molecule has 0 aliphatic carbocycles. The first kappa shape index (κ1) is 17.4. The summed E-state index contributed by atoms with van der Waals surface area (Å²) in [5.41, 5.74) is 2.56. The van der Waals surface area contributed by atoms with Gasteiger partial charge in [0.15, 0.2) is 0 Å². The Morgan fingerprint density at radius 1 is 1.36 bits per heavy atom. The van der Waals surface area contributed by atoms with Crippen molar-refractivity contribution in [3.05, 3.63) is 43.2 Å². The number of benzene rings is 1. The van der Waals surface area contributed by atoms with Gasteiger partial charge >= 0.3 is 0 Å². The number of carbonyl (C=O) groups excluding carboxylic acids is 1. The molecule has 3 aromatic rings. The van der Waals surface area contributed by atoms with Gasteiger partial charge in [-0.25, -0.2) is 9.97 Å². The summed E-state index contributed by atoms with van der Waals surface area (Å²) in [6, 6.07) is 7.68. The predicted molar refractivity (Wildman–Crippen MR) is 101 cm³/mol. The van der Waals surface area contributed by atoms with Gasteiger partial charge in [-0.1, -0.05) is 17.8 Å². The monoisotopic (exact) mass is 372 g/mol. The zero-order valence-electron chi connectivity index (χ0n) is 13.6. The molecule has 0 bridgehead atoms. The maximum Gasteiger partial charge on any atom is 0.230 e. The van der Waals surface area contributed by atoms with Crippen LogP contribution in [0.5, 0.6) is 5.75 Å². The molecule has 1 N–H and O–H groups in total. The lowest BCUT2D eigenvalue weighted by Gasteiger charge is -2.03. The molecule has 0 aliphatic rings. The zero-order valence-corrected chi connectivity index (χ0v) is 15.2. The highest BCUT2D eigenvalue weighted by Gasteiger charge is 2.15. The van der Waals surface area contributed by atoms with Gasteiger partial charge in [-0.3, -0.25) is 4.79 Å². The summed E-state index contributed by atoms with van der Waals surface area (Å²) in [7, 11) is 1.63. The van der Waals surface area contributed by atoms with Crippen molar-refractivity contribution in [2.24, 2.45) is 0 Å². The number of amides is 1. The molecule has 2 heterocycles. The molecule has 0 saturated heterocycles. The fraction of sp³-hybridized carbons (Fsp3) is 0.176. The number of aromatic nitrogens is 3. The molecule has 1 amide bonds. The number of methoxy groups -OCH3 is 1. The van der Waals surface area contributed by atoms with Gasteiger partial charge < -0.3 is 10.1 Å². The van der Waals surface area contributed by atoms with E-state index in [0.29, 0.717) is 6.54 Å². The fourth-order valence-electron chi connectivity index (χ4n) is 2.16. The number of thioether (sulfide) groups is 1. The zero-order chi connectivity index (χ0) is 17.6. The lowest BCUT2D eigenvalue weighted by molar-refractivity contribution is -0.118. The molecule has 0 spiro atoms. The van der Waals surface area contributed by atoms with Crippen molar-refractivity contribution >= 4 is 39.4 Å². The minimum Gasteiger partial charge on any atom is -0.497 e. The van der Waals surface area contributed by atoms with E-state index >= 15 is 0 Å². The van der Waals surface area contributed by atoms with Crippen molar-refractivity contribution in [2.75, 3.05) is 19.4 Å². The van der Waals surface area contributed by atoms with Crippen molar-refractivity contribution < 1.29 is 9.53 Å². The van der Waals surface area contributed by atoms with Crippen LogP contribution in [0.3, 0.4) is 0 Å². The number of carbonyl (C=O) groups is 1. The van der Waals surface area contributed by atoms with Crippen LogP contribution in [0, 0.1) is 0 Å². The Balaban J connectivity index is 1.84. The Morgan fingerprint density at radius 3 is 2.88 bits per heavy atom. The van der Waals surface area contributed by atoms with Gasteiger partial charge in [0.05, 0.1) is 12.9 Å². The number of hydrogen-bond acceptors (Lipinski definition) is 7. The van der Waals surface area contributed by atoms with E-state index < -0.39 is 0 Å². The van der Waals surface area contributed by atoms with Crippen molar-refractivity contribution in [3.8, 4) is 17.0 Å². The molecule has 2 aromatic heterocycles. The van der Waals surface area contributed by atoms with Gasteiger partial charge in [0, 0.05) is 12.1 Å². The molecule has 8 heteroatoms. The van der Waals surface area contributed by atoms with Crippen LogP contribution in [0.1, 0.15) is 0 Å². The normalized spacial score (nSPS) is 10.6.